The van der Waals surface area contributed by atoms with E-state index < -0.39 is 5.97 Å². The zero-order chi connectivity index (χ0) is 16.3. The third-order valence-electron chi connectivity index (χ3n) is 3.33. The molecule has 1 aromatic carbocycles. The quantitative estimate of drug-likeness (QED) is 0.835. The van der Waals surface area contributed by atoms with Gasteiger partial charge in [0.1, 0.15) is 6.54 Å². The highest BCUT2D eigenvalue weighted by Crippen LogP contribution is 2.32. The van der Waals surface area contributed by atoms with Gasteiger partial charge >= 0.3 is 5.97 Å². The standard InChI is InChI=1S/C16H21NO5/c1-10(2)22-13-7-4-11(8-14(13)21-3)16(20)17(9-15(18)19)12-5-6-12/h4,7-8,10,12H,5-6,9H2,1-3H3,(H,18,19). The van der Waals surface area contributed by atoms with E-state index >= 15 is 0 Å². The zero-order valence-corrected chi connectivity index (χ0v) is 13.0. The Morgan fingerprint density at radius 2 is 2.00 bits per heavy atom. The van der Waals surface area contributed by atoms with Gasteiger partial charge in [-0.1, -0.05) is 0 Å². The van der Waals surface area contributed by atoms with E-state index in [1.807, 2.05) is 13.8 Å². The van der Waals surface area contributed by atoms with Crippen LogP contribution in [0.3, 0.4) is 0 Å². The molecule has 0 heterocycles. The van der Waals surface area contributed by atoms with Gasteiger partial charge in [0.25, 0.3) is 5.91 Å². The summed E-state index contributed by atoms with van der Waals surface area (Å²) in [7, 11) is 1.51. The smallest absolute Gasteiger partial charge is 0.323 e. The number of amides is 1. The largest absolute Gasteiger partial charge is 0.493 e. The van der Waals surface area contributed by atoms with Crippen molar-refractivity contribution in [2.45, 2.75) is 38.8 Å². The van der Waals surface area contributed by atoms with Gasteiger partial charge in [-0.2, -0.15) is 0 Å². The minimum Gasteiger partial charge on any atom is -0.493 e. The minimum absolute atomic E-state index is 0.00887. The lowest BCUT2D eigenvalue weighted by molar-refractivity contribution is -0.137. The fourth-order valence-corrected chi connectivity index (χ4v) is 2.22. The highest BCUT2D eigenvalue weighted by atomic mass is 16.5. The SMILES string of the molecule is COc1cc(C(=O)N(CC(=O)O)C2CC2)ccc1OC(C)C. The molecule has 120 valence electrons. The summed E-state index contributed by atoms with van der Waals surface area (Å²) in [6, 6.07) is 4.94. The van der Waals surface area contributed by atoms with Crippen LogP contribution < -0.4 is 9.47 Å². The highest BCUT2D eigenvalue weighted by molar-refractivity contribution is 5.96. The van der Waals surface area contributed by atoms with E-state index in [0.717, 1.165) is 12.8 Å². The molecular weight excluding hydrogens is 286 g/mol. The van der Waals surface area contributed by atoms with Crippen molar-refractivity contribution in [3.05, 3.63) is 23.8 Å². The topological polar surface area (TPSA) is 76.1 Å². The summed E-state index contributed by atoms with van der Waals surface area (Å²) in [6.45, 7) is 3.52. The fourth-order valence-electron chi connectivity index (χ4n) is 2.22. The van der Waals surface area contributed by atoms with Crippen LogP contribution in [0.1, 0.15) is 37.0 Å². The van der Waals surface area contributed by atoms with Crippen LogP contribution in [0.15, 0.2) is 18.2 Å². The zero-order valence-electron chi connectivity index (χ0n) is 13.0. The number of carboxylic acids is 1. The van der Waals surface area contributed by atoms with E-state index in [-0.39, 0.29) is 24.6 Å². The average molecular weight is 307 g/mol. The third kappa shape index (κ3) is 3.90. The molecule has 0 radical (unpaired) electrons. The van der Waals surface area contributed by atoms with Crippen LogP contribution in [0.2, 0.25) is 0 Å². The van der Waals surface area contributed by atoms with Crippen LogP contribution in [-0.2, 0) is 4.79 Å². The van der Waals surface area contributed by atoms with E-state index in [1.54, 1.807) is 18.2 Å². The lowest BCUT2D eigenvalue weighted by atomic mass is 10.1. The number of hydrogen-bond acceptors (Lipinski definition) is 4. The number of methoxy groups -OCH3 is 1. The lowest BCUT2D eigenvalue weighted by Crippen LogP contribution is -2.37. The van der Waals surface area contributed by atoms with Gasteiger partial charge in [0.15, 0.2) is 11.5 Å². The predicted molar refractivity (Wildman–Crippen MR) is 80.5 cm³/mol. The highest BCUT2D eigenvalue weighted by Gasteiger charge is 2.34. The number of nitrogens with zero attached hydrogens (tertiary/aromatic N) is 1. The molecule has 1 aliphatic rings. The molecule has 0 saturated heterocycles. The maximum absolute atomic E-state index is 12.5. The van der Waals surface area contributed by atoms with Crippen molar-refractivity contribution in [1.82, 2.24) is 4.90 Å². The van der Waals surface area contributed by atoms with Crippen LogP contribution >= 0.6 is 0 Å². The van der Waals surface area contributed by atoms with Crippen LogP contribution in [0.4, 0.5) is 0 Å². The van der Waals surface area contributed by atoms with Gasteiger partial charge in [-0.15, -0.1) is 0 Å². The Morgan fingerprint density at radius 3 is 2.50 bits per heavy atom. The molecule has 0 bridgehead atoms. The van der Waals surface area contributed by atoms with E-state index in [0.29, 0.717) is 17.1 Å². The van der Waals surface area contributed by atoms with Gasteiger partial charge in [0.05, 0.1) is 13.2 Å². The number of carbonyl (C=O) groups excluding carboxylic acids is 1. The Kier molecular flexibility index (Phi) is 4.90. The van der Waals surface area contributed by atoms with Crippen molar-refractivity contribution in [2.75, 3.05) is 13.7 Å². The molecule has 0 atom stereocenters. The molecule has 0 spiro atoms. The first-order valence-corrected chi connectivity index (χ1v) is 7.29. The summed E-state index contributed by atoms with van der Waals surface area (Å²) in [4.78, 5) is 24.9. The van der Waals surface area contributed by atoms with Gasteiger partial charge < -0.3 is 19.5 Å². The maximum atomic E-state index is 12.5. The molecule has 1 amide bonds. The number of aliphatic carboxylic acids is 1. The molecule has 1 saturated carbocycles. The number of rotatable bonds is 7. The van der Waals surface area contributed by atoms with Crippen LogP contribution in [0.5, 0.6) is 11.5 Å². The summed E-state index contributed by atoms with van der Waals surface area (Å²) in [5, 5.41) is 8.96. The van der Waals surface area contributed by atoms with Crippen molar-refractivity contribution in [3.8, 4) is 11.5 Å². The van der Waals surface area contributed by atoms with Crippen LogP contribution in [0, 0.1) is 0 Å². The number of hydrogen-bond donors (Lipinski definition) is 1. The molecule has 1 N–H and O–H groups in total. The molecule has 0 aromatic heterocycles. The second kappa shape index (κ2) is 6.68. The number of ether oxygens (including phenoxy) is 2. The van der Waals surface area contributed by atoms with Gasteiger partial charge in [-0.25, -0.2) is 0 Å². The molecule has 1 aromatic rings. The van der Waals surface area contributed by atoms with Crippen molar-refractivity contribution in [1.29, 1.82) is 0 Å². The van der Waals surface area contributed by atoms with E-state index in [9.17, 15) is 9.59 Å². The summed E-state index contributed by atoms with van der Waals surface area (Å²) >= 11 is 0. The van der Waals surface area contributed by atoms with Crippen molar-refractivity contribution in [2.24, 2.45) is 0 Å². The van der Waals surface area contributed by atoms with E-state index in [2.05, 4.69) is 0 Å². The van der Waals surface area contributed by atoms with Gasteiger partial charge in [0.2, 0.25) is 0 Å². The van der Waals surface area contributed by atoms with Gasteiger partial charge in [0, 0.05) is 11.6 Å². The monoisotopic (exact) mass is 307 g/mol. The average Bonchev–Trinajstić information content (AvgIpc) is 3.28. The fraction of sp³-hybridized carbons (Fsp3) is 0.500. The Bertz CT molecular complexity index is 566. The first-order chi connectivity index (χ1) is 10.4. The van der Waals surface area contributed by atoms with Crippen LogP contribution in [-0.4, -0.2) is 47.7 Å². The van der Waals surface area contributed by atoms with Crippen molar-refractivity contribution in [3.63, 3.8) is 0 Å². The van der Waals surface area contributed by atoms with Crippen LogP contribution in [0.25, 0.3) is 0 Å². The molecule has 0 unspecified atom stereocenters. The molecule has 6 nitrogen and oxygen atoms in total. The Balaban J connectivity index is 2.23. The summed E-state index contributed by atoms with van der Waals surface area (Å²) in [6.07, 6.45) is 1.69. The van der Waals surface area contributed by atoms with E-state index in [4.69, 9.17) is 14.6 Å². The number of carboxylic acid groups (broad SMARTS) is 1. The molecular formula is C16H21NO5. The summed E-state index contributed by atoms with van der Waals surface area (Å²) < 4.78 is 10.9. The van der Waals surface area contributed by atoms with Crippen molar-refractivity contribution >= 4 is 11.9 Å². The molecule has 1 fully saturated rings. The minimum atomic E-state index is -1.01. The Hall–Kier alpha value is -2.24. The number of carbonyl (C=O) groups is 2. The lowest BCUT2D eigenvalue weighted by Gasteiger charge is -2.21. The summed E-state index contributed by atoms with van der Waals surface area (Å²) in [5.74, 6) is -0.276. The second-order valence-corrected chi connectivity index (χ2v) is 5.59. The first-order valence-electron chi connectivity index (χ1n) is 7.29. The predicted octanol–water partition coefficient (Wildman–Crippen LogP) is 2.17. The third-order valence-corrected chi connectivity index (χ3v) is 3.33. The molecule has 22 heavy (non-hydrogen) atoms. The Labute approximate surface area is 129 Å². The molecule has 6 heteroatoms. The first kappa shape index (κ1) is 16.1. The molecule has 0 aliphatic heterocycles. The van der Waals surface area contributed by atoms with Gasteiger partial charge in [-0.3, -0.25) is 9.59 Å². The normalized spacial score (nSPS) is 13.8. The second-order valence-electron chi connectivity index (χ2n) is 5.59. The molecule has 2 rings (SSSR count). The van der Waals surface area contributed by atoms with E-state index in [1.165, 1.54) is 12.0 Å². The summed E-state index contributed by atoms with van der Waals surface area (Å²) in [5.41, 5.74) is 0.404. The van der Waals surface area contributed by atoms with Crippen molar-refractivity contribution < 1.29 is 24.2 Å². The number of benzene rings is 1. The van der Waals surface area contributed by atoms with Gasteiger partial charge in [-0.05, 0) is 44.9 Å². The molecule has 1 aliphatic carbocycles. The maximum Gasteiger partial charge on any atom is 0.323 e. The Morgan fingerprint density at radius 1 is 1.32 bits per heavy atom.